The van der Waals surface area contributed by atoms with E-state index in [1.54, 1.807) is 6.92 Å². The summed E-state index contributed by atoms with van der Waals surface area (Å²) in [6, 6.07) is 3.92. The first-order valence-corrected chi connectivity index (χ1v) is 8.38. The van der Waals surface area contributed by atoms with Crippen molar-refractivity contribution in [3.05, 3.63) is 29.8 Å². The van der Waals surface area contributed by atoms with Gasteiger partial charge in [-0.15, -0.1) is 13.2 Å². The Morgan fingerprint density at radius 2 is 1.88 bits per heavy atom. The monoisotopic (exact) mass is 365 g/mol. The zero-order valence-electron chi connectivity index (χ0n) is 13.1. The fraction of sp³-hybridized carbons (Fsp3) is 0.467. The number of thioether (sulfide) groups is 1. The van der Waals surface area contributed by atoms with Gasteiger partial charge in [0.2, 0.25) is 5.91 Å². The molecule has 0 aliphatic heterocycles. The predicted molar refractivity (Wildman–Crippen MR) is 83.8 cm³/mol. The molecule has 1 amide bonds. The van der Waals surface area contributed by atoms with Gasteiger partial charge in [-0.25, -0.2) is 0 Å². The Hall–Kier alpha value is -1.90. The fourth-order valence-electron chi connectivity index (χ4n) is 1.97. The van der Waals surface area contributed by atoms with E-state index in [0.29, 0.717) is 11.3 Å². The van der Waals surface area contributed by atoms with Crippen LogP contribution in [0.2, 0.25) is 0 Å². The number of hydrogen-bond acceptors (Lipinski definition) is 4. The predicted octanol–water partition coefficient (Wildman–Crippen LogP) is 3.22. The van der Waals surface area contributed by atoms with E-state index in [9.17, 15) is 22.8 Å². The Labute approximate surface area is 141 Å². The molecule has 0 fully saturated rings. The van der Waals surface area contributed by atoms with Gasteiger partial charge in [-0.3, -0.25) is 9.59 Å². The highest BCUT2D eigenvalue weighted by atomic mass is 32.2. The number of benzene rings is 1. The standard InChI is InChI=1S/C15H18F3NO4S/c1-9(8-24-2)14(22)19-12(7-13(20)21)10-3-5-11(6-4-10)23-15(16,17)18/h3-6,9,12H,7-8H2,1-2H3,(H,19,22)(H,20,21). The lowest BCUT2D eigenvalue weighted by molar-refractivity contribution is -0.274. The minimum atomic E-state index is -4.80. The highest BCUT2D eigenvalue weighted by molar-refractivity contribution is 7.98. The molecule has 2 N–H and O–H groups in total. The van der Waals surface area contributed by atoms with Gasteiger partial charge in [-0.05, 0) is 24.0 Å². The van der Waals surface area contributed by atoms with Crippen LogP contribution in [0.1, 0.15) is 24.9 Å². The summed E-state index contributed by atoms with van der Waals surface area (Å²) < 4.78 is 40.2. The summed E-state index contributed by atoms with van der Waals surface area (Å²) in [6.07, 6.45) is -3.33. The summed E-state index contributed by atoms with van der Waals surface area (Å²) >= 11 is 1.48. The molecule has 134 valence electrons. The number of nitrogens with one attached hydrogen (secondary N) is 1. The van der Waals surface area contributed by atoms with Gasteiger partial charge >= 0.3 is 12.3 Å². The summed E-state index contributed by atoms with van der Waals surface area (Å²) in [7, 11) is 0. The van der Waals surface area contributed by atoms with Crippen molar-refractivity contribution < 1.29 is 32.6 Å². The van der Waals surface area contributed by atoms with E-state index in [4.69, 9.17) is 5.11 Å². The molecular weight excluding hydrogens is 347 g/mol. The number of hydrogen-bond donors (Lipinski definition) is 2. The van der Waals surface area contributed by atoms with Crippen molar-refractivity contribution in [1.82, 2.24) is 5.32 Å². The molecule has 0 saturated heterocycles. The van der Waals surface area contributed by atoms with Crippen LogP contribution in [0.5, 0.6) is 5.75 Å². The maximum absolute atomic E-state index is 12.1. The quantitative estimate of drug-likeness (QED) is 0.740. The second-order valence-electron chi connectivity index (χ2n) is 5.13. The van der Waals surface area contributed by atoms with E-state index >= 15 is 0 Å². The van der Waals surface area contributed by atoms with Crippen LogP contribution in [0.4, 0.5) is 13.2 Å². The van der Waals surface area contributed by atoms with Gasteiger partial charge in [0.1, 0.15) is 5.75 Å². The minimum Gasteiger partial charge on any atom is -0.481 e. The molecule has 0 spiro atoms. The maximum atomic E-state index is 12.1. The van der Waals surface area contributed by atoms with Gasteiger partial charge in [0.25, 0.3) is 0 Å². The van der Waals surface area contributed by atoms with Crippen LogP contribution in [0.3, 0.4) is 0 Å². The van der Waals surface area contributed by atoms with Gasteiger partial charge in [0, 0.05) is 11.7 Å². The Morgan fingerprint density at radius 1 is 1.29 bits per heavy atom. The zero-order valence-corrected chi connectivity index (χ0v) is 13.9. The van der Waals surface area contributed by atoms with Crippen molar-refractivity contribution in [2.24, 2.45) is 5.92 Å². The third kappa shape index (κ3) is 7.12. The third-order valence-electron chi connectivity index (χ3n) is 3.08. The number of amides is 1. The summed E-state index contributed by atoms with van der Waals surface area (Å²) in [5, 5.41) is 11.6. The Kier molecular flexibility index (Phi) is 7.40. The van der Waals surface area contributed by atoms with Gasteiger partial charge in [-0.2, -0.15) is 11.8 Å². The number of carbonyl (C=O) groups is 2. The van der Waals surface area contributed by atoms with Crippen molar-refractivity contribution >= 4 is 23.6 Å². The molecule has 1 aromatic carbocycles. The van der Waals surface area contributed by atoms with Crippen molar-refractivity contribution in [3.8, 4) is 5.75 Å². The number of ether oxygens (including phenoxy) is 1. The van der Waals surface area contributed by atoms with Crippen molar-refractivity contribution in [2.75, 3.05) is 12.0 Å². The summed E-state index contributed by atoms with van der Waals surface area (Å²) in [4.78, 5) is 23.0. The number of halogens is 3. The van der Waals surface area contributed by atoms with E-state index in [0.717, 1.165) is 12.1 Å². The second-order valence-corrected chi connectivity index (χ2v) is 6.04. The van der Waals surface area contributed by atoms with Gasteiger partial charge in [-0.1, -0.05) is 19.1 Å². The molecular formula is C15H18F3NO4S. The highest BCUT2D eigenvalue weighted by Gasteiger charge is 2.31. The molecule has 1 aromatic rings. The smallest absolute Gasteiger partial charge is 0.481 e. The number of aliphatic carboxylic acids is 1. The number of carboxylic acids is 1. The van der Waals surface area contributed by atoms with Gasteiger partial charge in [0.05, 0.1) is 12.5 Å². The number of rotatable bonds is 8. The van der Waals surface area contributed by atoms with Crippen LogP contribution in [-0.2, 0) is 9.59 Å². The molecule has 1 rings (SSSR count). The largest absolute Gasteiger partial charge is 0.573 e. The molecule has 2 unspecified atom stereocenters. The first-order valence-electron chi connectivity index (χ1n) is 6.99. The van der Waals surface area contributed by atoms with E-state index in [1.807, 2.05) is 6.26 Å². The molecule has 0 aliphatic carbocycles. The van der Waals surface area contributed by atoms with E-state index in [-0.39, 0.29) is 18.2 Å². The Bertz CT molecular complexity index is 563. The SMILES string of the molecule is CSCC(C)C(=O)NC(CC(=O)O)c1ccc(OC(F)(F)F)cc1. The average molecular weight is 365 g/mol. The lowest BCUT2D eigenvalue weighted by atomic mass is 10.0. The molecule has 5 nitrogen and oxygen atoms in total. The van der Waals surface area contributed by atoms with Crippen LogP contribution in [0, 0.1) is 5.92 Å². The first-order chi connectivity index (χ1) is 11.1. The maximum Gasteiger partial charge on any atom is 0.573 e. The molecule has 0 bridgehead atoms. The topological polar surface area (TPSA) is 75.6 Å². The molecule has 9 heteroatoms. The normalized spacial score (nSPS) is 13.9. The Balaban J connectivity index is 2.88. The molecule has 0 aromatic heterocycles. The summed E-state index contributed by atoms with van der Waals surface area (Å²) in [5.74, 6) is -1.60. The molecule has 0 aliphatic rings. The lowest BCUT2D eigenvalue weighted by Gasteiger charge is -2.20. The van der Waals surface area contributed by atoms with Crippen LogP contribution in [-0.4, -0.2) is 35.4 Å². The molecule has 0 heterocycles. The number of carboxylic acid groups (broad SMARTS) is 1. The van der Waals surface area contributed by atoms with E-state index in [2.05, 4.69) is 10.1 Å². The molecule has 0 saturated carbocycles. The van der Waals surface area contributed by atoms with E-state index in [1.165, 1.54) is 23.9 Å². The van der Waals surface area contributed by atoms with Crippen molar-refractivity contribution in [3.63, 3.8) is 0 Å². The molecule has 0 radical (unpaired) electrons. The van der Waals surface area contributed by atoms with Crippen molar-refractivity contribution in [1.29, 1.82) is 0 Å². The average Bonchev–Trinajstić information content (AvgIpc) is 2.45. The Morgan fingerprint density at radius 3 is 2.33 bits per heavy atom. The molecule has 2 atom stereocenters. The van der Waals surface area contributed by atoms with Gasteiger partial charge in [0.15, 0.2) is 0 Å². The number of alkyl halides is 3. The van der Waals surface area contributed by atoms with Crippen LogP contribution in [0.25, 0.3) is 0 Å². The molecule has 24 heavy (non-hydrogen) atoms. The highest BCUT2D eigenvalue weighted by Crippen LogP contribution is 2.25. The minimum absolute atomic E-state index is 0.314. The third-order valence-corrected chi connectivity index (χ3v) is 3.91. The van der Waals surface area contributed by atoms with Crippen LogP contribution >= 0.6 is 11.8 Å². The van der Waals surface area contributed by atoms with Crippen molar-refractivity contribution in [2.45, 2.75) is 25.7 Å². The van der Waals surface area contributed by atoms with Crippen LogP contribution in [0.15, 0.2) is 24.3 Å². The summed E-state index contributed by atoms with van der Waals surface area (Å²) in [5.41, 5.74) is 0.386. The number of carbonyl (C=O) groups excluding carboxylic acids is 1. The zero-order chi connectivity index (χ0) is 18.3. The second kappa shape index (κ2) is 8.81. The van der Waals surface area contributed by atoms with E-state index < -0.39 is 24.1 Å². The fourth-order valence-corrected chi connectivity index (χ4v) is 2.62. The first kappa shape index (κ1) is 20.1. The van der Waals surface area contributed by atoms with Gasteiger partial charge < -0.3 is 15.2 Å². The van der Waals surface area contributed by atoms with Crippen LogP contribution < -0.4 is 10.1 Å². The lowest BCUT2D eigenvalue weighted by Crippen LogP contribution is -2.35. The summed E-state index contributed by atoms with van der Waals surface area (Å²) in [6.45, 7) is 1.71.